The molecule has 2 heterocycles. The first kappa shape index (κ1) is 20.0. The fraction of sp³-hybridized carbons (Fsp3) is 0.182. The average molecular weight is 445 g/mol. The van der Waals surface area contributed by atoms with Crippen molar-refractivity contribution in [1.29, 1.82) is 0 Å². The number of ether oxygens (including phenoxy) is 1. The van der Waals surface area contributed by atoms with Crippen molar-refractivity contribution in [3.63, 3.8) is 0 Å². The van der Waals surface area contributed by atoms with Crippen LogP contribution in [0.2, 0.25) is 10.0 Å². The molecule has 1 N–H and O–H groups in total. The van der Waals surface area contributed by atoms with Crippen LogP contribution in [0.25, 0.3) is 21.3 Å². The van der Waals surface area contributed by atoms with Gasteiger partial charge in [0.25, 0.3) is 5.56 Å². The van der Waals surface area contributed by atoms with Gasteiger partial charge < -0.3 is 9.72 Å². The van der Waals surface area contributed by atoms with Crippen LogP contribution in [0, 0.1) is 0 Å². The summed E-state index contributed by atoms with van der Waals surface area (Å²) in [7, 11) is 1.63. The zero-order valence-electron chi connectivity index (χ0n) is 15.9. The average Bonchev–Trinajstić information content (AvgIpc) is 3.09. The van der Waals surface area contributed by atoms with E-state index in [1.54, 1.807) is 19.2 Å². The summed E-state index contributed by atoms with van der Waals surface area (Å²) in [4.78, 5) is 22.5. The van der Waals surface area contributed by atoms with Gasteiger partial charge in [0.15, 0.2) is 0 Å². The van der Waals surface area contributed by atoms with E-state index in [2.05, 4.69) is 11.9 Å². The molecule has 0 aliphatic rings. The summed E-state index contributed by atoms with van der Waals surface area (Å²) in [5.41, 5.74) is 2.56. The highest BCUT2D eigenvalue weighted by Crippen LogP contribution is 2.38. The van der Waals surface area contributed by atoms with Crippen LogP contribution >= 0.6 is 34.5 Å². The smallest absolute Gasteiger partial charge is 0.260 e. The summed E-state index contributed by atoms with van der Waals surface area (Å²) in [6.45, 7) is 2.07. The Hall–Kier alpha value is -2.34. The molecule has 0 atom stereocenters. The minimum Gasteiger partial charge on any atom is -0.496 e. The lowest BCUT2D eigenvalue weighted by molar-refractivity contribution is 0.410. The lowest BCUT2D eigenvalue weighted by Crippen LogP contribution is -2.12. The van der Waals surface area contributed by atoms with Gasteiger partial charge in [-0.3, -0.25) is 4.79 Å². The van der Waals surface area contributed by atoms with E-state index in [1.165, 1.54) is 11.3 Å². The van der Waals surface area contributed by atoms with Crippen LogP contribution < -0.4 is 10.3 Å². The summed E-state index contributed by atoms with van der Waals surface area (Å²) in [5.74, 6) is 1.38. The lowest BCUT2D eigenvalue weighted by Gasteiger charge is -2.08. The maximum absolute atomic E-state index is 13.0. The fourth-order valence-electron chi connectivity index (χ4n) is 3.42. The predicted molar refractivity (Wildman–Crippen MR) is 121 cm³/mol. The second-order valence-electron chi connectivity index (χ2n) is 6.56. The van der Waals surface area contributed by atoms with E-state index in [0.717, 1.165) is 38.6 Å². The van der Waals surface area contributed by atoms with Crippen molar-refractivity contribution < 1.29 is 4.74 Å². The van der Waals surface area contributed by atoms with Crippen LogP contribution in [0.15, 0.2) is 47.3 Å². The van der Waals surface area contributed by atoms with Crippen LogP contribution in [0.1, 0.15) is 23.2 Å². The number of aromatic amines is 1. The van der Waals surface area contributed by atoms with Crippen molar-refractivity contribution in [2.45, 2.75) is 19.8 Å². The number of halogens is 2. The number of aryl methyl sites for hydroxylation is 1. The maximum Gasteiger partial charge on any atom is 0.260 e. The summed E-state index contributed by atoms with van der Waals surface area (Å²) >= 11 is 13.8. The highest BCUT2D eigenvalue weighted by Gasteiger charge is 2.19. The molecule has 7 heteroatoms. The van der Waals surface area contributed by atoms with E-state index in [4.69, 9.17) is 32.9 Å². The van der Waals surface area contributed by atoms with E-state index in [1.807, 2.05) is 30.3 Å². The number of benzene rings is 2. The van der Waals surface area contributed by atoms with Crippen molar-refractivity contribution >= 4 is 44.8 Å². The molecule has 0 bridgehead atoms. The Morgan fingerprint density at radius 1 is 1.14 bits per heavy atom. The number of nitrogens with one attached hydrogen (secondary N) is 1. The molecule has 0 spiro atoms. The van der Waals surface area contributed by atoms with Gasteiger partial charge in [-0.25, -0.2) is 4.98 Å². The van der Waals surface area contributed by atoms with E-state index in [0.29, 0.717) is 27.7 Å². The number of para-hydroxylation sites is 1. The van der Waals surface area contributed by atoms with Crippen molar-refractivity contribution in [3.8, 4) is 16.9 Å². The molecule has 0 fully saturated rings. The number of rotatable bonds is 5. The quantitative estimate of drug-likeness (QED) is 0.403. The number of nitrogens with zero attached hydrogens (tertiary/aromatic N) is 1. The molecule has 0 unspecified atom stereocenters. The third-order valence-electron chi connectivity index (χ3n) is 4.76. The topological polar surface area (TPSA) is 55.0 Å². The Kier molecular flexibility index (Phi) is 5.63. The maximum atomic E-state index is 13.0. The third kappa shape index (κ3) is 3.78. The van der Waals surface area contributed by atoms with E-state index in [-0.39, 0.29) is 5.56 Å². The zero-order chi connectivity index (χ0) is 20.5. The first-order valence-corrected chi connectivity index (χ1v) is 10.7. The fourth-order valence-corrected chi connectivity index (χ4v) is 4.87. The summed E-state index contributed by atoms with van der Waals surface area (Å²) in [5, 5.41) is 1.54. The van der Waals surface area contributed by atoms with Crippen LogP contribution in [-0.4, -0.2) is 17.1 Å². The Morgan fingerprint density at radius 3 is 2.66 bits per heavy atom. The largest absolute Gasteiger partial charge is 0.496 e. The molecule has 4 nitrogen and oxygen atoms in total. The zero-order valence-corrected chi connectivity index (χ0v) is 18.2. The SMILES string of the molecule is CCc1sc2nc(Cc3ccccc3OC)[nH]c(=O)c2c1-c1ccc(Cl)c(Cl)c1. The van der Waals surface area contributed by atoms with Gasteiger partial charge in [0.05, 0.1) is 22.5 Å². The molecular weight excluding hydrogens is 427 g/mol. The van der Waals surface area contributed by atoms with Gasteiger partial charge in [-0.05, 0) is 30.2 Å². The first-order valence-electron chi connectivity index (χ1n) is 9.13. The van der Waals surface area contributed by atoms with E-state index in [9.17, 15) is 4.79 Å². The Bertz CT molecular complexity index is 1260. The molecular formula is C22H18Cl2N2O2S. The molecule has 0 saturated heterocycles. The summed E-state index contributed by atoms with van der Waals surface area (Å²) in [6, 6.07) is 13.2. The number of aromatic nitrogens is 2. The molecule has 148 valence electrons. The number of hydrogen-bond donors (Lipinski definition) is 1. The van der Waals surface area contributed by atoms with Crippen LogP contribution in [0.4, 0.5) is 0 Å². The molecule has 0 aliphatic carbocycles. The third-order valence-corrected chi connectivity index (χ3v) is 6.73. The number of thiophene rings is 1. The number of fused-ring (bicyclic) bond motifs is 1. The van der Waals surface area contributed by atoms with E-state index < -0.39 is 0 Å². The predicted octanol–water partition coefficient (Wildman–Crippen LogP) is 6.12. The van der Waals surface area contributed by atoms with Crippen molar-refractivity contribution in [1.82, 2.24) is 9.97 Å². The van der Waals surface area contributed by atoms with Crippen molar-refractivity contribution in [2.24, 2.45) is 0 Å². The van der Waals surface area contributed by atoms with Crippen LogP contribution in [0.3, 0.4) is 0 Å². The lowest BCUT2D eigenvalue weighted by atomic mass is 10.0. The second kappa shape index (κ2) is 8.19. The normalized spacial score (nSPS) is 11.2. The van der Waals surface area contributed by atoms with Gasteiger partial charge in [0.1, 0.15) is 16.4 Å². The van der Waals surface area contributed by atoms with Gasteiger partial charge in [-0.2, -0.15) is 0 Å². The van der Waals surface area contributed by atoms with Crippen LogP contribution in [0.5, 0.6) is 5.75 Å². The Morgan fingerprint density at radius 2 is 1.93 bits per heavy atom. The molecule has 0 amide bonds. The monoisotopic (exact) mass is 444 g/mol. The highest BCUT2D eigenvalue weighted by atomic mass is 35.5. The van der Waals surface area contributed by atoms with Gasteiger partial charge in [0, 0.05) is 22.4 Å². The molecule has 0 aliphatic heterocycles. The highest BCUT2D eigenvalue weighted by molar-refractivity contribution is 7.19. The number of H-pyrrole nitrogens is 1. The van der Waals surface area contributed by atoms with Gasteiger partial charge in [-0.15, -0.1) is 11.3 Å². The minimum absolute atomic E-state index is 0.156. The molecule has 4 aromatic rings. The van der Waals surface area contributed by atoms with Gasteiger partial charge >= 0.3 is 0 Å². The van der Waals surface area contributed by atoms with Crippen molar-refractivity contribution in [3.05, 3.63) is 79.1 Å². The second-order valence-corrected chi connectivity index (χ2v) is 8.46. The molecule has 29 heavy (non-hydrogen) atoms. The minimum atomic E-state index is -0.156. The van der Waals surface area contributed by atoms with Gasteiger partial charge in [-0.1, -0.05) is 54.4 Å². The molecule has 2 aromatic carbocycles. The van der Waals surface area contributed by atoms with Crippen LogP contribution in [-0.2, 0) is 12.8 Å². The molecule has 4 rings (SSSR count). The summed E-state index contributed by atoms with van der Waals surface area (Å²) in [6.07, 6.45) is 1.27. The standard InChI is InChI=1S/C22H18Cl2N2O2S/c1-3-17-19(13-8-9-14(23)15(24)10-13)20-21(27)25-18(26-22(20)29-17)11-12-6-4-5-7-16(12)28-2/h4-10H,3,11H2,1-2H3,(H,25,26,27). The van der Waals surface area contributed by atoms with E-state index >= 15 is 0 Å². The molecule has 0 saturated carbocycles. The van der Waals surface area contributed by atoms with Crippen molar-refractivity contribution in [2.75, 3.05) is 7.11 Å². The first-order chi connectivity index (χ1) is 14.0. The Balaban J connectivity index is 1.86. The summed E-state index contributed by atoms with van der Waals surface area (Å²) < 4.78 is 5.41. The number of methoxy groups -OCH3 is 1. The number of hydrogen-bond acceptors (Lipinski definition) is 4. The molecule has 2 aromatic heterocycles. The van der Waals surface area contributed by atoms with Gasteiger partial charge in [0.2, 0.25) is 0 Å². The Labute approximate surface area is 182 Å². The molecule has 0 radical (unpaired) electrons.